The summed E-state index contributed by atoms with van der Waals surface area (Å²) in [4.78, 5) is 48.0. The molecule has 0 fully saturated rings. The molecule has 1 aromatic carbocycles. The largest absolute Gasteiger partial charge is 0.480 e. The highest BCUT2D eigenvalue weighted by Gasteiger charge is 2.25. The third-order valence-corrected chi connectivity index (χ3v) is 3.82. The molecule has 1 N–H and O–H groups in total. The zero-order valence-electron chi connectivity index (χ0n) is 15.7. The zero-order chi connectivity index (χ0) is 21.0. The fourth-order valence-electron chi connectivity index (χ4n) is 2.71. The Bertz CT molecular complexity index is 982. The maximum Gasteiger partial charge on any atom is 0.323 e. The molecule has 148 valence electrons. The fourth-order valence-corrected chi connectivity index (χ4v) is 2.71. The van der Waals surface area contributed by atoms with Gasteiger partial charge in [0.2, 0.25) is 5.43 Å². The van der Waals surface area contributed by atoms with Crippen LogP contribution in [0.4, 0.5) is 5.69 Å². The second-order valence-electron chi connectivity index (χ2n) is 6.63. The number of hydrogen-bond donors (Lipinski definition) is 1. The van der Waals surface area contributed by atoms with E-state index in [4.69, 9.17) is 5.11 Å². The third kappa shape index (κ3) is 4.58. The number of hydrogen-bond acceptors (Lipinski definition) is 6. The number of nitrogens with zero attached hydrogens (tertiary/aromatic N) is 4. The van der Waals surface area contributed by atoms with E-state index in [1.807, 2.05) is 0 Å². The number of carboxylic acids is 1. The molecule has 10 nitrogen and oxygen atoms in total. The Morgan fingerprint density at radius 1 is 1.32 bits per heavy atom. The van der Waals surface area contributed by atoms with Gasteiger partial charge in [-0.1, -0.05) is 26.0 Å². The van der Waals surface area contributed by atoms with Gasteiger partial charge in [-0.15, -0.1) is 0 Å². The van der Waals surface area contributed by atoms with Crippen molar-refractivity contribution >= 4 is 17.6 Å². The number of aliphatic carboxylic acids is 1. The average Bonchev–Trinajstić information content (AvgIpc) is 2.60. The lowest BCUT2D eigenvalue weighted by atomic mass is 10.2. The number of carbonyl (C=O) groups is 2. The summed E-state index contributed by atoms with van der Waals surface area (Å²) >= 11 is 0. The topological polar surface area (TPSA) is 136 Å². The van der Waals surface area contributed by atoms with Crippen LogP contribution in [-0.2, 0) is 4.79 Å². The summed E-state index contributed by atoms with van der Waals surface area (Å²) in [5.74, 6) is -2.10. The molecule has 28 heavy (non-hydrogen) atoms. The zero-order valence-corrected chi connectivity index (χ0v) is 15.7. The molecule has 0 saturated heterocycles. The van der Waals surface area contributed by atoms with Crippen molar-refractivity contribution in [2.75, 3.05) is 13.1 Å². The number of benzene rings is 1. The normalized spacial score (nSPS) is 10.7. The second kappa shape index (κ2) is 8.42. The first-order valence-corrected chi connectivity index (χ1v) is 8.47. The smallest absolute Gasteiger partial charge is 0.323 e. The van der Waals surface area contributed by atoms with Gasteiger partial charge in [0.1, 0.15) is 12.2 Å². The first-order chi connectivity index (χ1) is 13.1. The van der Waals surface area contributed by atoms with Crippen molar-refractivity contribution in [3.05, 3.63) is 62.1 Å². The average molecular weight is 388 g/mol. The van der Waals surface area contributed by atoms with Crippen LogP contribution in [-0.4, -0.2) is 49.7 Å². The van der Waals surface area contributed by atoms with Crippen LogP contribution in [0.25, 0.3) is 5.69 Å². The molecule has 0 unspecified atom stereocenters. The molecule has 2 rings (SSSR count). The van der Waals surface area contributed by atoms with Gasteiger partial charge >= 0.3 is 5.97 Å². The summed E-state index contributed by atoms with van der Waals surface area (Å²) in [5, 5.41) is 24.4. The lowest BCUT2D eigenvalue weighted by molar-refractivity contribution is -0.384. The number of amides is 1. The van der Waals surface area contributed by atoms with E-state index >= 15 is 0 Å². The van der Waals surface area contributed by atoms with E-state index in [1.165, 1.54) is 25.1 Å². The molecule has 0 saturated carbocycles. The van der Waals surface area contributed by atoms with Crippen molar-refractivity contribution in [3.8, 4) is 5.69 Å². The van der Waals surface area contributed by atoms with Crippen molar-refractivity contribution in [2.24, 2.45) is 5.92 Å². The maximum absolute atomic E-state index is 12.8. The van der Waals surface area contributed by atoms with Gasteiger partial charge in [0.05, 0.1) is 4.92 Å². The van der Waals surface area contributed by atoms with Gasteiger partial charge in [0.15, 0.2) is 5.69 Å². The monoisotopic (exact) mass is 388 g/mol. The molecule has 10 heteroatoms. The number of aryl methyl sites for hydroxylation is 1. The van der Waals surface area contributed by atoms with Crippen molar-refractivity contribution < 1.29 is 19.6 Å². The van der Waals surface area contributed by atoms with E-state index < -0.39 is 34.5 Å². The summed E-state index contributed by atoms with van der Waals surface area (Å²) in [5.41, 5.74) is -1.04. The van der Waals surface area contributed by atoms with Gasteiger partial charge in [-0.05, 0) is 18.9 Å². The first-order valence-electron chi connectivity index (χ1n) is 8.47. The quantitative estimate of drug-likeness (QED) is 0.562. The number of aromatic nitrogens is 2. The summed E-state index contributed by atoms with van der Waals surface area (Å²) in [6, 6.07) is 6.93. The minimum Gasteiger partial charge on any atom is -0.480 e. The molecule has 1 aromatic heterocycles. The molecule has 0 spiro atoms. The number of nitro groups is 1. The van der Waals surface area contributed by atoms with Crippen molar-refractivity contribution in [1.29, 1.82) is 0 Å². The maximum atomic E-state index is 12.8. The molecular weight excluding hydrogens is 368 g/mol. The van der Waals surface area contributed by atoms with Crippen LogP contribution in [0.5, 0.6) is 0 Å². The molecule has 1 heterocycles. The minimum absolute atomic E-state index is 0.0359. The molecule has 0 aliphatic heterocycles. The minimum atomic E-state index is -1.22. The summed E-state index contributed by atoms with van der Waals surface area (Å²) in [7, 11) is 0. The predicted molar refractivity (Wildman–Crippen MR) is 99.6 cm³/mol. The molecule has 0 bridgehead atoms. The highest BCUT2D eigenvalue weighted by molar-refractivity contribution is 5.94. The van der Waals surface area contributed by atoms with Crippen molar-refractivity contribution in [1.82, 2.24) is 14.7 Å². The Morgan fingerprint density at radius 3 is 2.54 bits per heavy atom. The molecule has 2 aromatic rings. The Hall–Kier alpha value is -3.56. The van der Waals surface area contributed by atoms with Gasteiger partial charge in [0.25, 0.3) is 11.6 Å². The molecule has 0 aliphatic carbocycles. The number of para-hydroxylation sites is 2. The first kappa shape index (κ1) is 20.7. The Kier molecular flexibility index (Phi) is 6.24. The van der Waals surface area contributed by atoms with Crippen LogP contribution in [0.2, 0.25) is 0 Å². The van der Waals surface area contributed by atoms with Crippen LogP contribution >= 0.6 is 0 Å². The lowest BCUT2D eigenvalue weighted by Crippen LogP contribution is -2.41. The van der Waals surface area contributed by atoms with E-state index in [2.05, 4.69) is 5.10 Å². The SMILES string of the molecule is Cc1cc(=O)c(C(=O)N(CC(=O)O)CC(C)C)nn1-c1ccccc1[N+](=O)[O-]. The molecule has 0 aliphatic rings. The highest BCUT2D eigenvalue weighted by Crippen LogP contribution is 2.22. The van der Waals surface area contributed by atoms with E-state index in [1.54, 1.807) is 19.9 Å². The number of carboxylic acid groups (broad SMARTS) is 1. The molecule has 0 radical (unpaired) electrons. The molecular formula is C18H20N4O6. The van der Waals surface area contributed by atoms with Gasteiger partial charge in [0, 0.05) is 24.4 Å². The Balaban J connectivity index is 2.60. The number of carbonyl (C=O) groups excluding carboxylic acids is 1. The van der Waals surface area contributed by atoms with Crippen molar-refractivity contribution in [3.63, 3.8) is 0 Å². The van der Waals surface area contributed by atoms with Crippen LogP contribution in [0.1, 0.15) is 30.0 Å². The fraction of sp³-hybridized carbons (Fsp3) is 0.333. The van der Waals surface area contributed by atoms with E-state index in [0.717, 1.165) is 15.6 Å². The van der Waals surface area contributed by atoms with E-state index in [9.17, 15) is 24.5 Å². The van der Waals surface area contributed by atoms with E-state index in [0.29, 0.717) is 5.69 Å². The summed E-state index contributed by atoms with van der Waals surface area (Å²) in [6.07, 6.45) is 0. The summed E-state index contributed by atoms with van der Waals surface area (Å²) < 4.78 is 1.14. The Morgan fingerprint density at radius 2 is 1.96 bits per heavy atom. The third-order valence-electron chi connectivity index (χ3n) is 3.82. The summed E-state index contributed by atoms with van der Waals surface area (Å²) in [6.45, 7) is 4.66. The number of nitro benzene ring substituents is 1. The Labute approximate surface area is 160 Å². The van der Waals surface area contributed by atoms with E-state index in [-0.39, 0.29) is 23.8 Å². The van der Waals surface area contributed by atoms with Crippen LogP contribution in [0.3, 0.4) is 0 Å². The van der Waals surface area contributed by atoms with Crippen LogP contribution < -0.4 is 5.43 Å². The van der Waals surface area contributed by atoms with Crippen LogP contribution in [0, 0.1) is 23.0 Å². The standard InChI is InChI=1S/C18H20N4O6/c1-11(2)9-20(10-16(24)25)18(26)17-15(23)8-12(3)21(19-17)13-6-4-5-7-14(13)22(27)28/h4-8,11H,9-10H2,1-3H3,(H,24,25). The molecule has 1 amide bonds. The van der Waals surface area contributed by atoms with Gasteiger partial charge in [-0.2, -0.15) is 5.10 Å². The van der Waals surface area contributed by atoms with Gasteiger partial charge in [-0.3, -0.25) is 24.5 Å². The highest BCUT2D eigenvalue weighted by atomic mass is 16.6. The van der Waals surface area contributed by atoms with Gasteiger partial charge < -0.3 is 10.0 Å². The second-order valence-corrected chi connectivity index (χ2v) is 6.63. The van der Waals surface area contributed by atoms with Crippen LogP contribution in [0.15, 0.2) is 35.1 Å². The van der Waals surface area contributed by atoms with Gasteiger partial charge in [-0.25, -0.2) is 4.68 Å². The van der Waals surface area contributed by atoms with Crippen molar-refractivity contribution in [2.45, 2.75) is 20.8 Å². The lowest BCUT2D eigenvalue weighted by Gasteiger charge is -2.22. The predicted octanol–water partition coefficient (Wildman–Crippen LogP) is 1.63. The molecule has 0 atom stereocenters. The number of rotatable bonds is 7.